The van der Waals surface area contributed by atoms with E-state index in [1.807, 2.05) is 0 Å². The van der Waals surface area contributed by atoms with Crippen molar-refractivity contribution in [1.29, 1.82) is 0 Å². The lowest BCUT2D eigenvalue weighted by atomic mass is 9.82. The highest BCUT2D eigenvalue weighted by molar-refractivity contribution is 4.85. The topological polar surface area (TPSA) is 24.5 Å². The number of hydrogen-bond acceptors (Lipinski definition) is 3. The summed E-state index contributed by atoms with van der Waals surface area (Å²) in [7, 11) is 0. The molecule has 0 aromatic rings. The van der Waals surface area contributed by atoms with Crippen molar-refractivity contribution >= 4 is 0 Å². The molecule has 0 aliphatic carbocycles. The molecule has 2 aliphatic heterocycles. The van der Waals surface area contributed by atoms with E-state index in [1.54, 1.807) is 0 Å². The Bertz CT molecular complexity index is 202. The number of morpholine rings is 1. The molecule has 3 heteroatoms. The molecule has 0 bridgehead atoms. The Labute approximate surface area is 93.2 Å². The molecule has 2 saturated heterocycles. The fraction of sp³-hybridized carbons (Fsp3) is 1.00. The normalized spacial score (nSPS) is 39.2. The summed E-state index contributed by atoms with van der Waals surface area (Å²) in [6.45, 7) is 11.3. The summed E-state index contributed by atoms with van der Waals surface area (Å²) in [5.41, 5.74) is 0.481. The van der Waals surface area contributed by atoms with Gasteiger partial charge in [-0.2, -0.15) is 0 Å². The van der Waals surface area contributed by atoms with Crippen LogP contribution in [0.4, 0.5) is 0 Å². The van der Waals surface area contributed by atoms with E-state index in [1.165, 1.54) is 32.5 Å². The minimum absolute atomic E-state index is 0.416. The molecular weight excluding hydrogens is 188 g/mol. The van der Waals surface area contributed by atoms with Crippen LogP contribution >= 0.6 is 0 Å². The lowest BCUT2D eigenvalue weighted by molar-refractivity contribution is -0.0329. The first-order chi connectivity index (χ1) is 7.18. The zero-order valence-corrected chi connectivity index (χ0v) is 10.1. The predicted octanol–water partition coefficient (Wildman–Crippen LogP) is 1.10. The Balaban J connectivity index is 1.83. The van der Waals surface area contributed by atoms with Gasteiger partial charge < -0.3 is 10.1 Å². The first kappa shape index (κ1) is 11.4. The van der Waals surface area contributed by atoms with E-state index in [0.717, 1.165) is 19.7 Å². The summed E-state index contributed by atoms with van der Waals surface area (Å²) in [6, 6.07) is 0. The molecule has 2 rings (SSSR count). The van der Waals surface area contributed by atoms with E-state index in [2.05, 4.69) is 24.1 Å². The molecule has 3 nitrogen and oxygen atoms in total. The van der Waals surface area contributed by atoms with Gasteiger partial charge in [-0.3, -0.25) is 4.90 Å². The second kappa shape index (κ2) is 4.81. The van der Waals surface area contributed by atoms with Gasteiger partial charge in [0.25, 0.3) is 0 Å². The van der Waals surface area contributed by atoms with Crippen molar-refractivity contribution < 1.29 is 4.74 Å². The highest BCUT2D eigenvalue weighted by atomic mass is 16.5. The number of hydrogen-bond donors (Lipinski definition) is 1. The fourth-order valence-electron chi connectivity index (χ4n) is 2.83. The zero-order chi connectivity index (χ0) is 10.7. The molecule has 1 N–H and O–H groups in total. The van der Waals surface area contributed by atoms with Gasteiger partial charge in [0.1, 0.15) is 0 Å². The van der Waals surface area contributed by atoms with Gasteiger partial charge in [0.05, 0.1) is 12.7 Å². The standard InChI is InChI=1S/C12H24N2O/c1-11-8-14(6-7-15-11)10-12(2)4-3-5-13-9-12/h11,13H,3-10H2,1-2H3. The molecular formula is C12H24N2O. The minimum Gasteiger partial charge on any atom is -0.376 e. The summed E-state index contributed by atoms with van der Waals surface area (Å²) in [5.74, 6) is 0. The van der Waals surface area contributed by atoms with Crippen LogP contribution in [0, 0.1) is 5.41 Å². The van der Waals surface area contributed by atoms with Gasteiger partial charge in [-0.25, -0.2) is 0 Å². The monoisotopic (exact) mass is 212 g/mol. The molecule has 15 heavy (non-hydrogen) atoms. The SMILES string of the molecule is CC1CN(CC2(C)CCCNC2)CCO1. The van der Waals surface area contributed by atoms with Crippen LogP contribution in [0.2, 0.25) is 0 Å². The van der Waals surface area contributed by atoms with Crippen LogP contribution in [0.25, 0.3) is 0 Å². The summed E-state index contributed by atoms with van der Waals surface area (Å²) in [6.07, 6.45) is 3.11. The van der Waals surface area contributed by atoms with Crippen LogP contribution in [0.1, 0.15) is 26.7 Å². The lowest BCUT2D eigenvalue weighted by Gasteiger charge is -2.41. The summed E-state index contributed by atoms with van der Waals surface area (Å²) in [4.78, 5) is 2.57. The molecule has 0 saturated carbocycles. The third-order valence-corrected chi connectivity index (χ3v) is 3.62. The molecule has 2 atom stereocenters. The fourth-order valence-corrected chi connectivity index (χ4v) is 2.83. The van der Waals surface area contributed by atoms with Gasteiger partial charge in [0.15, 0.2) is 0 Å². The second-order valence-corrected chi connectivity index (χ2v) is 5.51. The second-order valence-electron chi connectivity index (χ2n) is 5.51. The van der Waals surface area contributed by atoms with E-state index >= 15 is 0 Å². The number of ether oxygens (including phenoxy) is 1. The largest absolute Gasteiger partial charge is 0.376 e. The van der Waals surface area contributed by atoms with Crippen LogP contribution in [0.3, 0.4) is 0 Å². The number of nitrogens with one attached hydrogen (secondary N) is 1. The molecule has 2 unspecified atom stereocenters. The first-order valence-corrected chi connectivity index (χ1v) is 6.23. The summed E-state index contributed by atoms with van der Waals surface area (Å²) >= 11 is 0. The maximum absolute atomic E-state index is 5.57. The maximum Gasteiger partial charge on any atom is 0.0674 e. The van der Waals surface area contributed by atoms with Crippen molar-refractivity contribution in [2.45, 2.75) is 32.8 Å². The Hall–Kier alpha value is -0.120. The molecule has 0 spiro atoms. The molecule has 2 heterocycles. The Morgan fingerprint density at radius 2 is 2.40 bits per heavy atom. The van der Waals surface area contributed by atoms with Crippen molar-refractivity contribution in [3.8, 4) is 0 Å². The Kier molecular flexibility index (Phi) is 3.65. The number of rotatable bonds is 2. The average Bonchev–Trinajstić information content (AvgIpc) is 2.18. The van der Waals surface area contributed by atoms with Crippen LogP contribution in [0.15, 0.2) is 0 Å². The molecule has 0 aromatic carbocycles. The minimum atomic E-state index is 0.416. The Morgan fingerprint density at radius 3 is 3.07 bits per heavy atom. The molecule has 88 valence electrons. The van der Waals surface area contributed by atoms with Crippen molar-refractivity contribution in [2.24, 2.45) is 5.41 Å². The van der Waals surface area contributed by atoms with Gasteiger partial charge in [-0.15, -0.1) is 0 Å². The van der Waals surface area contributed by atoms with E-state index in [-0.39, 0.29) is 0 Å². The van der Waals surface area contributed by atoms with Gasteiger partial charge in [0, 0.05) is 26.2 Å². The van der Waals surface area contributed by atoms with E-state index in [9.17, 15) is 0 Å². The summed E-state index contributed by atoms with van der Waals surface area (Å²) in [5, 5.41) is 3.52. The van der Waals surface area contributed by atoms with Crippen LogP contribution in [-0.4, -0.2) is 50.3 Å². The molecule has 0 amide bonds. The lowest BCUT2D eigenvalue weighted by Crippen LogP contribution is -2.50. The van der Waals surface area contributed by atoms with Gasteiger partial charge in [-0.1, -0.05) is 6.92 Å². The van der Waals surface area contributed by atoms with E-state index in [4.69, 9.17) is 4.74 Å². The number of piperidine rings is 1. The van der Waals surface area contributed by atoms with E-state index < -0.39 is 0 Å². The Morgan fingerprint density at radius 1 is 1.53 bits per heavy atom. The predicted molar refractivity (Wildman–Crippen MR) is 62.1 cm³/mol. The van der Waals surface area contributed by atoms with Crippen molar-refractivity contribution in [2.75, 3.05) is 39.3 Å². The van der Waals surface area contributed by atoms with Crippen molar-refractivity contribution in [3.63, 3.8) is 0 Å². The molecule has 0 radical (unpaired) electrons. The van der Waals surface area contributed by atoms with Crippen LogP contribution in [0.5, 0.6) is 0 Å². The smallest absolute Gasteiger partial charge is 0.0674 e. The first-order valence-electron chi connectivity index (χ1n) is 6.23. The van der Waals surface area contributed by atoms with Gasteiger partial charge in [0.2, 0.25) is 0 Å². The van der Waals surface area contributed by atoms with Crippen LogP contribution < -0.4 is 5.32 Å². The van der Waals surface area contributed by atoms with Crippen LogP contribution in [-0.2, 0) is 4.74 Å². The van der Waals surface area contributed by atoms with Gasteiger partial charge in [-0.05, 0) is 31.7 Å². The maximum atomic E-state index is 5.57. The third kappa shape index (κ3) is 3.16. The molecule has 0 aromatic heterocycles. The number of nitrogens with zero attached hydrogens (tertiary/aromatic N) is 1. The average molecular weight is 212 g/mol. The molecule has 2 fully saturated rings. The van der Waals surface area contributed by atoms with Crippen molar-refractivity contribution in [1.82, 2.24) is 10.2 Å². The zero-order valence-electron chi connectivity index (χ0n) is 10.1. The van der Waals surface area contributed by atoms with Gasteiger partial charge >= 0.3 is 0 Å². The van der Waals surface area contributed by atoms with E-state index in [0.29, 0.717) is 11.5 Å². The van der Waals surface area contributed by atoms with Crippen molar-refractivity contribution in [3.05, 3.63) is 0 Å². The third-order valence-electron chi connectivity index (χ3n) is 3.62. The highest BCUT2D eigenvalue weighted by Gasteiger charge is 2.30. The highest BCUT2D eigenvalue weighted by Crippen LogP contribution is 2.27. The molecule has 2 aliphatic rings. The quantitative estimate of drug-likeness (QED) is 0.742. The summed E-state index contributed by atoms with van der Waals surface area (Å²) < 4.78 is 5.57.